The van der Waals surface area contributed by atoms with Crippen LogP contribution in [0.5, 0.6) is 0 Å². The van der Waals surface area contributed by atoms with Gasteiger partial charge in [-0.15, -0.1) is 24.0 Å². The summed E-state index contributed by atoms with van der Waals surface area (Å²) in [5.74, 6) is 0.506. The highest BCUT2D eigenvalue weighted by molar-refractivity contribution is 14.0. The van der Waals surface area contributed by atoms with E-state index in [-0.39, 0.29) is 42.0 Å². The number of nitrogens with zero attached hydrogens (tertiary/aromatic N) is 1. The van der Waals surface area contributed by atoms with E-state index in [1.54, 1.807) is 7.05 Å². The van der Waals surface area contributed by atoms with E-state index in [0.717, 1.165) is 5.56 Å². The third-order valence-corrected chi connectivity index (χ3v) is 2.78. The van der Waals surface area contributed by atoms with Crippen LogP contribution in [0.2, 0.25) is 5.02 Å². The molecule has 0 heterocycles. The van der Waals surface area contributed by atoms with Crippen LogP contribution in [0.25, 0.3) is 0 Å². The summed E-state index contributed by atoms with van der Waals surface area (Å²) in [6, 6.07) is 7.56. The molecule has 0 unspecified atom stereocenters. The average Bonchev–Trinajstić information content (AvgIpc) is 2.39. The van der Waals surface area contributed by atoms with Crippen molar-refractivity contribution >= 4 is 47.4 Å². The lowest BCUT2D eigenvalue weighted by Crippen LogP contribution is -2.48. The van der Waals surface area contributed by atoms with Gasteiger partial charge in [-0.05, 0) is 38.5 Å². The number of guanidine groups is 1. The summed E-state index contributed by atoms with van der Waals surface area (Å²) < 4.78 is 0. The van der Waals surface area contributed by atoms with Gasteiger partial charge in [0.2, 0.25) is 5.91 Å². The molecule has 5 nitrogen and oxygen atoms in total. The van der Waals surface area contributed by atoms with Crippen LogP contribution in [0.15, 0.2) is 29.3 Å². The molecular formula is C15H24ClIN4O. The van der Waals surface area contributed by atoms with Crippen LogP contribution < -0.4 is 16.0 Å². The van der Waals surface area contributed by atoms with Crippen LogP contribution in [0.3, 0.4) is 0 Å². The number of aliphatic imine (C=N–C) groups is 1. The standard InChI is InChI=1S/C15H23ClN4O.HI/c1-15(2,3)20-13(21)10-19-14(17-4)18-9-11-5-7-12(16)8-6-11;/h5-8H,9-10H2,1-4H3,(H,20,21)(H2,17,18,19);1H. The average molecular weight is 439 g/mol. The minimum Gasteiger partial charge on any atom is -0.352 e. The maximum absolute atomic E-state index is 11.7. The first-order valence-electron chi connectivity index (χ1n) is 6.80. The predicted octanol–water partition coefficient (Wildman–Crippen LogP) is 2.54. The van der Waals surface area contributed by atoms with Gasteiger partial charge < -0.3 is 16.0 Å². The number of carbonyl (C=O) groups excluding carboxylic acids is 1. The number of hydrogen-bond donors (Lipinski definition) is 3. The topological polar surface area (TPSA) is 65.5 Å². The van der Waals surface area contributed by atoms with Crippen molar-refractivity contribution in [3.8, 4) is 0 Å². The van der Waals surface area contributed by atoms with Crippen LogP contribution in [-0.4, -0.2) is 31.0 Å². The fraction of sp³-hybridized carbons (Fsp3) is 0.467. The lowest BCUT2D eigenvalue weighted by molar-refractivity contribution is -0.121. The summed E-state index contributed by atoms with van der Waals surface area (Å²) in [6.45, 7) is 6.62. The van der Waals surface area contributed by atoms with E-state index in [9.17, 15) is 4.79 Å². The highest BCUT2D eigenvalue weighted by Crippen LogP contribution is 2.08. The van der Waals surface area contributed by atoms with Crippen molar-refractivity contribution in [2.75, 3.05) is 13.6 Å². The van der Waals surface area contributed by atoms with E-state index >= 15 is 0 Å². The van der Waals surface area contributed by atoms with Crippen molar-refractivity contribution in [1.29, 1.82) is 0 Å². The van der Waals surface area contributed by atoms with E-state index in [1.165, 1.54) is 0 Å². The van der Waals surface area contributed by atoms with Crippen molar-refractivity contribution in [1.82, 2.24) is 16.0 Å². The molecule has 22 heavy (non-hydrogen) atoms. The molecule has 0 radical (unpaired) electrons. The molecule has 0 aliphatic carbocycles. The Balaban J connectivity index is 0.00000441. The minimum atomic E-state index is -0.237. The number of carbonyl (C=O) groups is 1. The second kappa shape index (κ2) is 9.89. The van der Waals surface area contributed by atoms with Crippen LogP contribution >= 0.6 is 35.6 Å². The number of rotatable bonds is 4. The molecule has 1 aromatic rings. The molecule has 0 bridgehead atoms. The first-order valence-corrected chi connectivity index (χ1v) is 7.18. The third kappa shape index (κ3) is 9.09. The smallest absolute Gasteiger partial charge is 0.239 e. The molecule has 0 spiro atoms. The van der Waals surface area contributed by atoms with Gasteiger partial charge in [0.25, 0.3) is 0 Å². The van der Waals surface area contributed by atoms with Crippen molar-refractivity contribution in [2.45, 2.75) is 32.9 Å². The molecule has 1 aromatic carbocycles. The van der Waals surface area contributed by atoms with Crippen LogP contribution in [0, 0.1) is 0 Å². The second-order valence-corrected chi connectivity index (χ2v) is 6.14. The van der Waals surface area contributed by atoms with Gasteiger partial charge in [0.05, 0.1) is 6.54 Å². The van der Waals surface area contributed by atoms with E-state index < -0.39 is 0 Å². The normalized spacial score (nSPS) is 11.4. The SMILES string of the molecule is CN=C(NCC(=O)NC(C)(C)C)NCc1ccc(Cl)cc1.I. The van der Waals surface area contributed by atoms with Crippen molar-refractivity contribution in [3.63, 3.8) is 0 Å². The number of hydrogen-bond acceptors (Lipinski definition) is 2. The number of benzene rings is 1. The zero-order valence-corrected chi connectivity index (χ0v) is 16.5. The molecule has 0 saturated carbocycles. The molecule has 0 atom stereocenters. The number of amides is 1. The van der Waals surface area contributed by atoms with E-state index in [1.807, 2.05) is 45.0 Å². The molecule has 0 fully saturated rings. The monoisotopic (exact) mass is 438 g/mol. The van der Waals surface area contributed by atoms with Crippen LogP contribution in [0.1, 0.15) is 26.3 Å². The van der Waals surface area contributed by atoms with E-state index in [4.69, 9.17) is 11.6 Å². The highest BCUT2D eigenvalue weighted by atomic mass is 127. The Bertz CT molecular complexity index is 497. The molecular weight excluding hydrogens is 415 g/mol. The summed E-state index contributed by atoms with van der Waals surface area (Å²) in [5, 5.41) is 9.70. The lowest BCUT2D eigenvalue weighted by atomic mass is 10.1. The van der Waals surface area contributed by atoms with Crippen molar-refractivity contribution < 1.29 is 4.79 Å². The molecule has 0 aliphatic heterocycles. The van der Waals surface area contributed by atoms with Gasteiger partial charge >= 0.3 is 0 Å². The molecule has 1 amide bonds. The number of nitrogens with one attached hydrogen (secondary N) is 3. The Morgan fingerprint density at radius 2 is 1.77 bits per heavy atom. The maximum Gasteiger partial charge on any atom is 0.239 e. The van der Waals surface area contributed by atoms with Gasteiger partial charge in [-0.25, -0.2) is 0 Å². The van der Waals surface area contributed by atoms with E-state index in [2.05, 4.69) is 20.9 Å². The van der Waals surface area contributed by atoms with Gasteiger partial charge in [0, 0.05) is 24.2 Å². The Labute approximate surface area is 154 Å². The first kappa shape index (κ1) is 21.0. The molecule has 7 heteroatoms. The van der Waals surface area contributed by atoms with Crippen LogP contribution in [0.4, 0.5) is 0 Å². The second-order valence-electron chi connectivity index (χ2n) is 5.70. The summed E-state index contributed by atoms with van der Waals surface area (Å²) in [5.41, 5.74) is 0.848. The molecule has 0 aromatic heterocycles. The Morgan fingerprint density at radius 3 is 2.27 bits per heavy atom. The van der Waals surface area contributed by atoms with Gasteiger partial charge in [-0.2, -0.15) is 0 Å². The summed E-state index contributed by atoms with van der Waals surface area (Å²) in [4.78, 5) is 15.8. The summed E-state index contributed by atoms with van der Waals surface area (Å²) in [7, 11) is 1.67. The minimum absolute atomic E-state index is 0. The number of halogens is 2. The molecule has 124 valence electrons. The largest absolute Gasteiger partial charge is 0.352 e. The zero-order chi connectivity index (χ0) is 15.9. The summed E-state index contributed by atoms with van der Waals surface area (Å²) in [6.07, 6.45) is 0. The fourth-order valence-corrected chi connectivity index (χ4v) is 1.76. The lowest BCUT2D eigenvalue weighted by Gasteiger charge is -2.21. The predicted molar refractivity (Wildman–Crippen MR) is 103 cm³/mol. The Hall–Kier alpha value is -1.02. The summed E-state index contributed by atoms with van der Waals surface area (Å²) >= 11 is 5.84. The molecule has 3 N–H and O–H groups in total. The van der Waals surface area contributed by atoms with Crippen molar-refractivity contribution in [3.05, 3.63) is 34.9 Å². The zero-order valence-electron chi connectivity index (χ0n) is 13.4. The van der Waals surface area contributed by atoms with E-state index in [0.29, 0.717) is 17.5 Å². The maximum atomic E-state index is 11.7. The molecule has 1 rings (SSSR count). The quantitative estimate of drug-likeness (QED) is 0.384. The van der Waals surface area contributed by atoms with Gasteiger partial charge in [-0.1, -0.05) is 23.7 Å². The van der Waals surface area contributed by atoms with Gasteiger partial charge in [0.1, 0.15) is 0 Å². The third-order valence-electron chi connectivity index (χ3n) is 2.53. The fourth-order valence-electron chi connectivity index (χ4n) is 1.64. The van der Waals surface area contributed by atoms with Gasteiger partial charge in [0.15, 0.2) is 5.96 Å². The molecule has 0 aliphatic rings. The first-order chi connectivity index (χ1) is 9.80. The highest BCUT2D eigenvalue weighted by Gasteiger charge is 2.13. The Kier molecular flexibility index (Phi) is 9.43. The molecule has 0 saturated heterocycles. The van der Waals surface area contributed by atoms with Crippen molar-refractivity contribution in [2.24, 2.45) is 4.99 Å². The Morgan fingerprint density at radius 1 is 1.18 bits per heavy atom. The van der Waals surface area contributed by atoms with Gasteiger partial charge in [-0.3, -0.25) is 9.79 Å². The van der Waals surface area contributed by atoms with Crippen LogP contribution in [-0.2, 0) is 11.3 Å².